The van der Waals surface area contributed by atoms with E-state index in [1.807, 2.05) is 55.5 Å². The maximum atomic E-state index is 12.5. The molecule has 0 bridgehead atoms. The number of nitrogens with zero attached hydrogens (tertiary/aromatic N) is 4. The standard InChI is InChI=1S/C25H23ClN4O2/c1-16-13-19(18-5-3-6-20(26)14-18)11-12-24(16)32-15-22-21(17-9-10-17)7-4-8-23(22)30-25(31)29(2)27-28-30/h3-8,11-14,17H,9-10,15H2,1-2H3. The van der Waals surface area contributed by atoms with Crippen LogP contribution in [0.15, 0.2) is 65.5 Å². The normalized spacial score (nSPS) is 13.3. The van der Waals surface area contributed by atoms with Gasteiger partial charge in [0.25, 0.3) is 0 Å². The number of aromatic nitrogens is 4. The van der Waals surface area contributed by atoms with E-state index in [0.717, 1.165) is 46.5 Å². The number of halogens is 1. The van der Waals surface area contributed by atoms with Gasteiger partial charge < -0.3 is 4.74 Å². The van der Waals surface area contributed by atoms with Gasteiger partial charge >= 0.3 is 5.69 Å². The summed E-state index contributed by atoms with van der Waals surface area (Å²) in [5.74, 6) is 1.31. The van der Waals surface area contributed by atoms with Crippen LogP contribution in [0, 0.1) is 6.92 Å². The van der Waals surface area contributed by atoms with Crippen molar-refractivity contribution < 1.29 is 4.74 Å². The Hall–Kier alpha value is -3.38. The zero-order chi connectivity index (χ0) is 22.2. The number of tetrazole rings is 1. The number of hydrogen-bond acceptors (Lipinski definition) is 4. The van der Waals surface area contributed by atoms with Crippen molar-refractivity contribution in [2.45, 2.75) is 32.3 Å². The largest absolute Gasteiger partial charge is 0.489 e. The first-order chi connectivity index (χ1) is 15.5. The fourth-order valence-corrected chi connectivity index (χ4v) is 4.19. The third-order valence-corrected chi connectivity index (χ3v) is 6.09. The van der Waals surface area contributed by atoms with Crippen LogP contribution in [-0.2, 0) is 13.7 Å². The van der Waals surface area contributed by atoms with Crippen LogP contribution in [0.3, 0.4) is 0 Å². The molecule has 162 valence electrons. The Labute approximate surface area is 191 Å². The molecule has 4 aromatic rings. The highest BCUT2D eigenvalue weighted by molar-refractivity contribution is 6.30. The molecule has 0 unspecified atom stereocenters. The molecule has 0 radical (unpaired) electrons. The first-order valence-electron chi connectivity index (χ1n) is 10.6. The topological polar surface area (TPSA) is 61.9 Å². The quantitative estimate of drug-likeness (QED) is 0.415. The lowest BCUT2D eigenvalue weighted by Gasteiger charge is -2.16. The zero-order valence-electron chi connectivity index (χ0n) is 18.0. The van der Waals surface area contributed by atoms with Crippen molar-refractivity contribution in [1.82, 2.24) is 19.8 Å². The van der Waals surface area contributed by atoms with Crippen LogP contribution in [-0.4, -0.2) is 19.8 Å². The number of hydrogen-bond donors (Lipinski definition) is 0. The number of aryl methyl sites for hydroxylation is 2. The molecule has 0 saturated heterocycles. The van der Waals surface area contributed by atoms with Gasteiger partial charge in [0.2, 0.25) is 0 Å². The van der Waals surface area contributed by atoms with E-state index in [2.05, 4.69) is 22.6 Å². The molecule has 7 heteroatoms. The van der Waals surface area contributed by atoms with E-state index in [0.29, 0.717) is 17.5 Å². The molecule has 0 aliphatic heterocycles. The molecule has 0 atom stereocenters. The summed E-state index contributed by atoms with van der Waals surface area (Å²) in [5.41, 5.74) is 5.83. The molecule has 6 nitrogen and oxygen atoms in total. The second-order valence-electron chi connectivity index (χ2n) is 8.20. The van der Waals surface area contributed by atoms with E-state index in [9.17, 15) is 4.79 Å². The van der Waals surface area contributed by atoms with Gasteiger partial charge in [0.05, 0.1) is 5.69 Å². The van der Waals surface area contributed by atoms with Gasteiger partial charge in [-0.2, -0.15) is 9.36 Å². The van der Waals surface area contributed by atoms with E-state index in [1.165, 1.54) is 14.9 Å². The van der Waals surface area contributed by atoms with Crippen LogP contribution in [0.25, 0.3) is 16.8 Å². The number of rotatable bonds is 6. The second kappa shape index (κ2) is 8.28. The molecule has 0 spiro atoms. The molecule has 1 aliphatic rings. The predicted octanol–water partition coefficient (Wildman–Crippen LogP) is 5.05. The summed E-state index contributed by atoms with van der Waals surface area (Å²) >= 11 is 6.15. The summed E-state index contributed by atoms with van der Waals surface area (Å²) in [4.78, 5) is 12.5. The summed E-state index contributed by atoms with van der Waals surface area (Å²) in [6, 6.07) is 19.9. The van der Waals surface area contributed by atoms with E-state index in [4.69, 9.17) is 16.3 Å². The van der Waals surface area contributed by atoms with Crippen LogP contribution in [0.1, 0.15) is 35.4 Å². The lowest BCUT2D eigenvalue weighted by molar-refractivity contribution is 0.302. The summed E-state index contributed by atoms with van der Waals surface area (Å²) in [7, 11) is 1.59. The average molecular weight is 447 g/mol. The van der Waals surface area contributed by atoms with Gasteiger partial charge in [-0.1, -0.05) is 41.9 Å². The van der Waals surface area contributed by atoms with Gasteiger partial charge in [0.15, 0.2) is 0 Å². The Kier molecular flexibility index (Phi) is 5.31. The lowest BCUT2D eigenvalue weighted by atomic mass is 10.0. The average Bonchev–Trinajstić information content (AvgIpc) is 3.58. The Morgan fingerprint density at radius 2 is 1.81 bits per heavy atom. The molecule has 1 heterocycles. The van der Waals surface area contributed by atoms with E-state index in [1.54, 1.807) is 7.05 Å². The zero-order valence-corrected chi connectivity index (χ0v) is 18.7. The van der Waals surface area contributed by atoms with Crippen LogP contribution >= 0.6 is 11.6 Å². The van der Waals surface area contributed by atoms with E-state index < -0.39 is 0 Å². The molecular formula is C25H23ClN4O2. The van der Waals surface area contributed by atoms with Crippen molar-refractivity contribution in [1.29, 1.82) is 0 Å². The van der Waals surface area contributed by atoms with Gasteiger partial charge in [-0.15, -0.1) is 0 Å². The number of benzene rings is 3. The monoisotopic (exact) mass is 446 g/mol. The Balaban J connectivity index is 1.46. The van der Waals surface area contributed by atoms with E-state index >= 15 is 0 Å². The Morgan fingerprint density at radius 1 is 1.03 bits per heavy atom. The van der Waals surface area contributed by atoms with Crippen molar-refractivity contribution in [2.75, 3.05) is 0 Å². The highest BCUT2D eigenvalue weighted by Crippen LogP contribution is 2.43. The van der Waals surface area contributed by atoms with Gasteiger partial charge in [-0.3, -0.25) is 0 Å². The third kappa shape index (κ3) is 3.94. The summed E-state index contributed by atoms with van der Waals surface area (Å²) in [5, 5.41) is 8.62. The fourth-order valence-electron chi connectivity index (χ4n) is 4.00. The summed E-state index contributed by atoms with van der Waals surface area (Å²) in [6.07, 6.45) is 2.30. The smallest absolute Gasteiger partial charge is 0.368 e. The van der Waals surface area contributed by atoms with Gasteiger partial charge in [0, 0.05) is 17.6 Å². The first kappa shape index (κ1) is 20.5. The minimum Gasteiger partial charge on any atom is -0.489 e. The molecular weight excluding hydrogens is 424 g/mol. The van der Waals surface area contributed by atoms with Crippen molar-refractivity contribution >= 4 is 11.6 Å². The maximum absolute atomic E-state index is 12.5. The highest BCUT2D eigenvalue weighted by Gasteiger charge is 2.28. The molecule has 0 amide bonds. The fraction of sp³-hybridized carbons (Fsp3) is 0.240. The van der Waals surface area contributed by atoms with Gasteiger partial charge in [-0.05, 0) is 88.7 Å². The van der Waals surface area contributed by atoms with Gasteiger partial charge in [0.1, 0.15) is 12.4 Å². The SMILES string of the molecule is Cc1cc(-c2cccc(Cl)c2)ccc1OCc1c(C2CC2)cccc1-n1nnn(C)c1=O. The molecule has 32 heavy (non-hydrogen) atoms. The van der Waals surface area contributed by atoms with E-state index in [-0.39, 0.29) is 5.69 Å². The van der Waals surface area contributed by atoms with Crippen LogP contribution < -0.4 is 10.4 Å². The number of ether oxygens (including phenoxy) is 1. The molecule has 0 N–H and O–H groups in total. The Morgan fingerprint density at radius 3 is 2.50 bits per heavy atom. The highest BCUT2D eigenvalue weighted by atomic mass is 35.5. The molecule has 1 aromatic heterocycles. The van der Waals surface area contributed by atoms with Crippen LogP contribution in [0.2, 0.25) is 5.02 Å². The second-order valence-corrected chi connectivity index (χ2v) is 8.63. The first-order valence-corrected chi connectivity index (χ1v) is 11.0. The maximum Gasteiger partial charge on any atom is 0.368 e. The molecule has 3 aromatic carbocycles. The van der Waals surface area contributed by atoms with Crippen LogP contribution in [0.4, 0.5) is 0 Å². The summed E-state index contributed by atoms with van der Waals surface area (Å²) < 4.78 is 8.84. The Bertz CT molecular complexity index is 1350. The summed E-state index contributed by atoms with van der Waals surface area (Å²) in [6.45, 7) is 2.38. The minimum absolute atomic E-state index is 0.277. The van der Waals surface area contributed by atoms with Crippen LogP contribution in [0.5, 0.6) is 5.75 Å². The molecule has 1 saturated carbocycles. The van der Waals surface area contributed by atoms with Gasteiger partial charge in [-0.25, -0.2) is 4.79 Å². The van der Waals surface area contributed by atoms with Crippen molar-refractivity contribution in [3.63, 3.8) is 0 Å². The lowest BCUT2D eigenvalue weighted by Crippen LogP contribution is -2.23. The van der Waals surface area contributed by atoms with Crippen molar-refractivity contribution in [3.05, 3.63) is 92.9 Å². The van der Waals surface area contributed by atoms with Crippen molar-refractivity contribution in [2.24, 2.45) is 7.05 Å². The van der Waals surface area contributed by atoms with Crippen molar-refractivity contribution in [3.8, 4) is 22.6 Å². The molecule has 1 aliphatic carbocycles. The third-order valence-electron chi connectivity index (χ3n) is 5.86. The molecule has 5 rings (SSSR count). The molecule has 1 fully saturated rings. The minimum atomic E-state index is -0.277. The predicted molar refractivity (Wildman–Crippen MR) is 125 cm³/mol.